The lowest BCUT2D eigenvalue weighted by Crippen LogP contribution is -2.23. The predicted molar refractivity (Wildman–Crippen MR) is 71.6 cm³/mol. The molecule has 0 bridgehead atoms. The van der Waals surface area contributed by atoms with Gasteiger partial charge in [0, 0.05) is 24.2 Å². The van der Waals surface area contributed by atoms with Crippen LogP contribution in [-0.4, -0.2) is 30.0 Å². The minimum absolute atomic E-state index is 0.0177. The first-order valence-electron chi connectivity index (χ1n) is 5.85. The monoisotopic (exact) mass is 278 g/mol. The Balaban J connectivity index is 3.17. The minimum Gasteiger partial charge on any atom is -0.462 e. The smallest absolute Gasteiger partial charge is 0.338 e. The van der Waals surface area contributed by atoms with E-state index in [4.69, 9.17) is 4.74 Å². The molecule has 7 heteroatoms. The molecule has 0 saturated carbocycles. The van der Waals surface area contributed by atoms with E-state index in [2.05, 4.69) is 11.9 Å². The molecular weight excluding hydrogens is 264 g/mol. The van der Waals surface area contributed by atoms with Crippen LogP contribution >= 0.6 is 0 Å². The summed E-state index contributed by atoms with van der Waals surface area (Å²) < 4.78 is 4.77. The fourth-order valence-electron chi connectivity index (χ4n) is 1.45. The van der Waals surface area contributed by atoms with E-state index in [1.807, 2.05) is 0 Å². The topological polar surface area (TPSA) is 98.5 Å². The Morgan fingerprint density at radius 1 is 1.40 bits per heavy atom. The number of amides is 1. The number of rotatable bonds is 6. The van der Waals surface area contributed by atoms with Crippen LogP contribution in [0.15, 0.2) is 30.9 Å². The van der Waals surface area contributed by atoms with E-state index in [-0.39, 0.29) is 30.0 Å². The molecule has 1 rings (SSSR count). The van der Waals surface area contributed by atoms with Crippen LogP contribution in [0.2, 0.25) is 0 Å². The molecule has 1 N–H and O–H groups in total. The molecule has 0 unspecified atom stereocenters. The Kier molecular flexibility index (Phi) is 5.40. The Hall–Kier alpha value is -2.70. The summed E-state index contributed by atoms with van der Waals surface area (Å²) in [5.41, 5.74) is -0.367. The van der Waals surface area contributed by atoms with E-state index in [0.717, 1.165) is 12.1 Å². The van der Waals surface area contributed by atoms with E-state index < -0.39 is 16.8 Å². The Labute approximate surface area is 115 Å². The first kappa shape index (κ1) is 15.4. The van der Waals surface area contributed by atoms with Gasteiger partial charge in [0.25, 0.3) is 11.6 Å². The number of nitro groups is 1. The second-order valence-corrected chi connectivity index (χ2v) is 3.74. The van der Waals surface area contributed by atoms with Crippen molar-refractivity contribution in [3.63, 3.8) is 0 Å². The zero-order valence-electron chi connectivity index (χ0n) is 10.9. The molecular formula is C13H14N2O5. The largest absolute Gasteiger partial charge is 0.462 e. The minimum atomic E-state index is -0.714. The van der Waals surface area contributed by atoms with Crippen molar-refractivity contribution in [3.05, 3.63) is 52.1 Å². The number of nitrogens with zero attached hydrogens (tertiary/aromatic N) is 1. The number of hydrogen-bond donors (Lipinski definition) is 1. The SMILES string of the molecule is C=CCNC(=O)c1cc(C(=O)OCC)cc([N+](=O)[O-])c1. The molecule has 0 fully saturated rings. The lowest BCUT2D eigenvalue weighted by molar-refractivity contribution is -0.384. The average Bonchev–Trinajstić information content (AvgIpc) is 2.44. The Morgan fingerprint density at radius 3 is 2.60 bits per heavy atom. The van der Waals surface area contributed by atoms with Crippen LogP contribution in [0.4, 0.5) is 5.69 Å². The summed E-state index contributed by atoms with van der Waals surface area (Å²) in [6.07, 6.45) is 1.47. The number of carbonyl (C=O) groups excluding carboxylic acids is 2. The van der Waals surface area contributed by atoms with Gasteiger partial charge >= 0.3 is 5.97 Å². The summed E-state index contributed by atoms with van der Waals surface area (Å²) in [5, 5.41) is 13.3. The number of benzene rings is 1. The van der Waals surface area contributed by atoms with Gasteiger partial charge in [0.05, 0.1) is 17.1 Å². The van der Waals surface area contributed by atoms with Crippen molar-refractivity contribution in [1.29, 1.82) is 0 Å². The molecule has 0 spiro atoms. The summed E-state index contributed by atoms with van der Waals surface area (Å²) in [7, 11) is 0. The van der Waals surface area contributed by atoms with E-state index in [1.165, 1.54) is 12.1 Å². The van der Waals surface area contributed by atoms with E-state index in [1.54, 1.807) is 6.92 Å². The number of esters is 1. The van der Waals surface area contributed by atoms with Crippen molar-refractivity contribution in [2.24, 2.45) is 0 Å². The molecule has 0 aromatic heterocycles. The van der Waals surface area contributed by atoms with E-state index in [9.17, 15) is 19.7 Å². The van der Waals surface area contributed by atoms with Crippen LogP contribution in [0.3, 0.4) is 0 Å². The molecule has 0 aliphatic rings. The number of nitrogens with one attached hydrogen (secondary N) is 1. The maximum Gasteiger partial charge on any atom is 0.338 e. The van der Waals surface area contributed by atoms with Gasteiger partial charge in [0.2, 0.25) is 0 Å². The third kappa shape index (κ3) is 3.91. The quantitative estimate of drug-likeness (QED) is 0.369. The van der Waals surface area contributed by atoms with Gasteiger partial charge in [-0.15, -0.1) is 6.58 Å². The summed E-state index contributed by atoms with van der Waals surface area (Å²) >= 11 is 0. The van der Waals surface area contributed by atoms with Crippen molar-refractivity contribution in [1.82, 2.24) is 5.32 Å². The van der Waals surface area contributed by atoms with Crippen molar-refractivity contribution in [2.45, 2.75) is 6.92 Å². The zero-order valence-corrected chi connectivity index (χ0v) is 10.9. The number of nitro benzene ring substituents is 1. The Morgan fingerprint density at radius 2 is 2.05 bits per heavy atom. The van der Waals surface area contributed by atoms with Gasteiger partial charge in [-0.25, -0.2) is 4.79 Å². The second-order valence-electron chi connectivity index (χ2n) is 3.74. The maximum absolute atomic E-state index is 11.8. The van der Waals surface area contributed by atoms with Crippen LogP contribution in [-0.2, 0) is 4.74 Å². The number of hydrogen-bond acceptors (Lipinski definition) is 5. The molecule has 0 heterocycles. The highest BCUT2D eigenvalue weighted by atomic mass is 16.6. The molecule has 0 aliphatic carbocycles. The van der Waals surface area contributed by atoms with Crippen molar-refractivity contribution < 1.29 is 19.2 Å². The highest BCUT2D eigenvalue weighted by Gasteiger charge is 2.18. The van der Waals surface area contributed by atoms with Gasteiger partial charge in [-0.1, -0.05) is 6.08 Å². The molecule has 20 heavy (non-hydrogen) atoms. The van der Waals surface area contributed by atoms with Crippen molar-refractivity contribution in [3.8, 4) is 0 Å². The first-order chi connectivity index (χ1) is 9.49. The summed E-state index contributed by atoms with van der Waals surface area (Å²) in [6, 6.07) is 3.42. The maximum atomic E-state index is 11.8. The van der Waals surface area contributed by atoms with Crippen LogP contribution in [0, 0.1) is 10.1 Å². The number of ether oxygens (including phenoxy) is 1. The van der Waals surface area contributed by atoms with Crippen LogP contribution < -0.4 is 5.32 Å². The van der Waals surface area contributed by atoms with Gasteiger partial charge in [-0.3, -0.25) is 14.9 Å². The molecule has 1 amide bonds. The van der Waals surface area contributed by atoms with Crippen molar-refractivity contribution in [2.75, 3.05) is 13.2 Å². The molecule has 0 aliphatic heterocycles. The Bertz CT molecular complexity index is 554. The van der Waals surface area contributed by atoms with Gasteiger partial charge in [-0.2, -0.15) is 0 Å². The highest BCUT2D eigenvalue weighted by molar-refractivity contribution is 5.99. The van der Waals surface area contributed by atoms with Crippen molar-refractivity contribution >= 4 is 17.6 Å². The third-order valence-electron chi connectivity index (χ3n) is 2.31. The molecule has 0 radical (unpaired) electrons. The summed E-state index contributed by atoms with van der Waals surface area (Å²) in [5.74, 6) is -1.24. The zero-order chi connectivity index (χ0) is 15.1. The summed E-state index contributed by atoms with van der Waals surface area (Å²) in [4.78, 5) is 33.5. The van der Waals surface area contributed by atoms with Gasteiger partial charge in [-0.05, 0) is 13.0 Å². The first-order valence-corrected chi connectivity index (χ1v) is 5.85. The van der Waals surface area contributed by atoms with E-state index in [0.29, 0.717) is 0 Å². The summed E-state index contributed by atoms with van der Waals surface area (Å²) in [6.45, 7) is 5.42. The lowest BCUT2D eigenvalue weighted by atomic mass is 10.1. The van der Waals surface area contributed by atoms with Gasteiger partial charge in [0.1, 0.15) is 0 Å². The molecule has 0 saturated heterocycles. The fourth-order valence-corrected chi connectivity index (χ4v) is 1.45. The fraction of sp³-hybridized carbons (Fsp3) is 0.231. The third-order valence-corrected chi connectivity index (χ3v) is 2.31. The number of non-ortho nitro benzene ring substituents is 1. The van der Waals surface area contributed by atoms with Crippen LogP contribution in [0.5, 0.6) is 0 Å². The lowest BCUT2D eigenvalue weighted by Gasteiger charge is -2.06. The number of carbonyl (C=O) groups is 2. The van der Waals surface area contributed by atoms with Gasteiger partial charge < -0.3 is 10.1 Å². The van der Waals surface area contributed by atoms with Gasteiger partial charge in [0.15, 0.2) is 0 Å². The normalized spacial score (nSPS) is 9.65. The molecule has 0 atom stereocenters. The van der Waals surface area contributed by atoms with Crippen LogP contribution in [0.1, 0.15) is 27.6 Å². The molecule has 106 valence electrons. The second kappa shape index (κ2) is 7.03. The van der Waals surface area contributed by atoms with Crippen LogP contribution in [0.25, 0.3) is 0 Å². The van der Waals surface area contributed by atoms with E-state index >= 15 is 0 Å². The molecule has 7 nitrogen and oxygen atoms in total. The molecule has 1 aromatic rings. The molecule has 1 aromatic carbocycles. The predicted octanol–water partition coefficient (Wildman–Crippen LogP) is 1.69. The highest BCUT2D eigenvalue weighted by Crippen LogP contribution is 2.18. The average molecular weight is 278 g/mol. The standard InChI is InChI=1S/C13H14N2O5/c1-3-5-14-12(16)9-6-10(13(17)20-4-2)8-11(7-9)15(18)19/h3,6-8H,1,4-5H2,2H3,(H,14,16).